The van der Waals surface area contributed by atoms with E-state index in [0.29, 0.717) is 6.54 Å². The van der Waals surface area contributed by atoms with Crippen LogP contribution in [0.5, 0.6) is 0 Å². The van der Waals surface area contributed by atoms with Crippen LogP contribution in [0.3, 0.4) is 0 Å². The van der Waals surface area contributed by atoms with Gasteiger partial charge in [0.25, 0.3) is 0 Å². The summed E-state index contributed by atoms with van der Waals surface area (Å²) in [5.41, 5.74) is 0.930. The largest absolute Gasteiger partial charge is 0.336 e. The zero-order valence-electron chi connectivity index (χ0n) is 7.76. The van der Waals surface area contributed by atoms with Gasteiger partial charge in [-0.25, -0.2) is 9.67 Å². The number of imidazole rings is 1. The molecule has 0 N–H and O–H groups in total. The van der Waals surface area contributed by atoms with Gasteiger partial charge < -0.3 is 4.57 Å². The van der Waals surface area contributed by atoms with Crippen molar-refractivity contribution in [3.63, 3.8) is 0 Å². The van der Waals surface area contributed by atoms with Crippen molar-refractivity contribution in [3.05, 3.63) is 30.1 Å². The molecule has 2 aromatic heterocycles. The minimum Gasteiger partial charge on any atom is -0.336 e. The standard InChI is InChI=1S/C8H10BrN5/c1-13-3-2-10-8(13)6-14-5-7(4-9)11-12-14/h2-3,5H,4,6H2,1H3. The Kier molecular flexibility index (Phi) is 2.62. The first-order valence-electron chi connectivity index (χ1n) is 4.21. The summed E-state index contributed by atoms with van der Waals surface area (Å²) in [7, 11) is 1.96. The molecule has 0 fully saturated rings. The number of rotatable bonds is 3. The Bertz CT molecular complexity index is 419. The topological polar surface area (TPSA) is 48.5 Å². The third-order valence-corrected chi connectivity index (χ3v) is 2.52. The molecule has 0 aliphatic rings. The second-order valence-corrected chi connectivity index (χ2v) is 3.56. The highest BCUT2D eigenvalue weighted by atomic mass is 79.9. The molecule has 0 radical (unpaired) electrons. The smallest absolute Gasteiger partial charge is 0.130 e. The van der Waals surface area contributed by atoms with E-state index in [-0.39, 0.29) is 0 Å². The van der Waals surface area contributed by atoms with Crippen molar-refractivity contribution < 1.29 is 0 Å². The zero-order chi connectivity index (χ0) is 9.97. The normalized spacial score (nSPS) is 10.7. The molecular formula is C8H10BrN5. The van der Waals surface area contributed by atoms with E-state index in [1.165, 1.54) is 0 Å². The average molecular weight is 256 g/mol. The second kappa shape index (κ2) is 3.91. The number of nitrogens with zero attached hydrogens (tertiary/aromatic N) is 5. The molecular weight excluding hydrogens is 246 g/mol. The minimum atomic E-state index is 0.656. The fourth-order valence-corrected chi connectivity index (χ4v) is 1.43. The van der Waals surface area contributed by atoms with Gasteiger partial charge in [0.2, 0.25) is 0 Å². The van der Waals surface area contributed by atoms with Crippen LogP contribution in [-0.2, 0) is 18.9 Å². The number of halogens is 1. The summed E-state index contributed by atoms with van der Waals surface area (Å²) in [5, 5.41) is 8.69. The predicted molar refractivity (Wildman–Crippen MR) is 55.0 cm³/mol. The molecule has 2 heterocycles. The van der Waals surface area contributed by atoms with Crippen molar-refractivity contribution in [3.8, 4) is 0 Å². The van der Waals surface area contributed by atoms with Gasteiger partial charge in [-0.15, -0.1) is 5.10 Å². The van der Waals surface area contributed by atoms with Crippen LogP contribution in [0.2, 0.25) is 0 Å². The molecule has 0 amide bonds. The van der Waals surface area contributed by atoms with Crippen LogP contribution in [0.15, 0.2) is 18.6 Å². The van der Waals surface area contributed by atoms with Crippen LogP contribution in [0.25, 0.3) is 0 Å². The first-order valence-corrected chi connectivity index (χ1v) is 5.33. The Hall–Kier alpha value is -1.17. The van der Waals surface area contributed by atoms with E-state index in [9.17, 15) is 0 Å². The molecule has 14 heavy (non-hydrogen) atoms. The van der Waals surface area contributed by atoms with E-state index in [1.54, 1.807) is 10.9 Å². The van der Waals surface area contributed by atoms with Crippen molar-refractivity contribution in [1.82, 2.24) is 24.5 Å². The van der Waals surface area contributed by atoms with Gasteiger partial charge in [-0.2, -0.15) is 0 Å². The summed E-state index contributed by atoms with van der Waals surface area (Å²) >= 11 is 3.33. The number of hydrogen-bond acceptors (Lipinski definition) is 3. The Balaban J connectivity index is 2.15. The first-order chi connectivity index (χ1) is 6.79. The summed E-state index contributed by atoms with van der Waals surface area (Å²) in [6.07, 6.45) is 5.60. The van der Waals surface area contributed by atoms with E-state index >= 15 is 0 Å². The van der Waals surface area contributed by atoms with E-state index < -0.39 is 0 Å². The SMILES string of the molecule is Cn1ccnc1Cn1cc(CBr)nn1. The first kappa shape index (κ1) is 9.39. The van der Waals surface area contributed by atoms with Crippen LogP contribution in [0.4, 0.5) is 0 Å². The summed E-state index contributed by atoms with van der Waals surface area (Å²) in [5.74, 6) is 0.969. The summed E-state index contributed by atoms with van der Waals surface area (Å²) in [6.45, 7) is 0.656. The van der Waals surface area contributed by atoms with Gasteiger partial charge in [0.1, 0.15) is 12.4 Å². The monoisotopic (exact) mass is 255 g/mol. The molecule has 6 heteroatoms. The molecule has 0 saturated carbocycles. The van der Waals surface area contributed by atoms with Crippen molar-refractivity contribution in [1.29, 1.82) is 0 Å². The molecule has 0 saturated heterocycles. The van der Waals surface area contributed by atoms with Crippen LogP contribution < -0.4 is 0 Å². The summed E-state index contributed by atoms with van der Waals surface area (Å²) in [4.78, 5) is 4.21. The van der Waals surface area contributed by atoms with Gasteiger partial charge in [-0.05, 0) is 0 Å². The molecule has 2 rings (SSSR count). The molecule has 2 aromatic rings. The maximum Gasteiger partial charge on any atom is 0.130 e. The van der Waals surface area contributed by atoms with Crippen LogP contribution in [-0.4, -0.2) is 24.5 Å². The second-order valence-electron chi connectivity index (χ2n) is 3.00. The van der Waals surface area contributed by atoms with E-state index in [0.717, 1.165) is 16.8 Å². The molecule has 5 nitrogen and oxygen atoms in total. The van der Waals surface area contributed by atoms with E-state index in [4.69, 9.17) is 0 Å². The predicted octanol–water partition coefficient (Wildman–Crippen LogP) is 0.955. The van der Waals surface area contributed by atoms with Gasteiger partial charge in [-0.1, -0.05) is 21.1 Å². The maximum atomic E-state index is 4.21. The number of aryl methyl sites for hydroxylation is 1. The molecule has 0 aromatic carbocycles. The average Bonchev–Trinajstić information content (AvgIpc) is 2.77. The van der Waals surface area contributed by atoms with Crippen LogP contribution >= 0.6 is 15.9 Å². The Morgan fingerprint density at radius 3 is 2.93 bits per heavy atom. The molecule has 0 aliphatic heterocycles. The van der Waals surface area contributed by atoms with Crippen LogP contribution in [0, 0.1) is 0 Å². The number of hydrogen-bond donors (Lipinski definition) is 0. The van der Waals surface area contributed by atoms with Gasteiger partial charge in [0.15, 0.2) is 0 Å². The number of alkyl halides is 1. The minimum absolute atomic E-state index is 0.656. The van der Waals surface area contributed by atoms with Crippen molar-refractivity contribution in [2.45, 2.75) is 11.9 Å². The third-order valence-electron chi connectivity index (χ3n) is 1.95. The summed E-state index contributed by atoms with van der Waals surface area (Å²) < 4.78 is 3.74. The molecule has 0 unspecified atom stereocenters. The van der Waals surface area contributed by atoms with Gasteiger partial charge in [0, 0.05) is 31.0 Å². The molecule has 0 aliphatic carbocycles. The Morgan fingerprint density at radius 1 is 1.50 bits per heavy atom. The summed E-state index contributed by atoms with van der Waals surface area (Å²) in [6, 6.07) is 0. The van der Waals surface area contributed by atoms with E-state index in [1.807, 2.05) is 24.0 Å². The van der Waals surface area contributed by atoms with Gasteiger partial charge >= 0.3 is 0 Å². The molecule has 74 valence electrons. The Morgan fingerprint density at radius 2 is 2.36 bits per heavy atom. The van der Waals surface area contributed by atoms with Crippen molar-refractivity contribution in [2.24, 2.45) is 7.05 Å². The lowest BCUT2D eigenvalue weighted by Gasteiger charge is -1.99. The maximum absolute atomic E-state index is 4.21. The highest BCUT2D eigenvalue weighted by Gasteiger charge is 2.03. The fourth-order valence-electron chi connectivity index (χ4n) is 1.17. The van der Waals surface area contributed by atoms with Crippen LogP contribution in [0.1, 0.15) is 11.5 Å². The number of aromatic nitrogens is 5. The van der Waals surface area contributed by atoms with Gasteiger partial charge in [0.05, 0.1) is 5.69 Å². The third kappa shape index (κ3) is 1.84. The fraction of sp³-hybridized carbons (Fsp3) is 0.375. The lowest BCUT2D eigenvalue weighted by atomic mass is 10.5. The van der Waals surface area contributed by atoms with E-state index in [2.05, 4.69) is 31.2 Å². The van der Waals surface area contributed by atoms with Crippen molar-refractivity contribution >= 4 is 15.9 Å². The van der Waals surface area contributed by atoms with Gasteiger partial charge in [-0.3, -0.25) is 0 Å². The highest BCUT2D eigenvalue weighted by Crippen LogP contribution is 2.02. The lowest BCUT2D eigenvalue weighted by molar-refractivity contribution is 0.607. The highest BCUT2D eigenvalue weighted by molar-refractivity contribution is 9.08. The molecule has 0 atom stereocenters. The molecule has 0 spiro atoms. The van der Waals surface area contributed by atoms with Crippen molar-refractivity contribution in [2.75, 3.05) is 0 Å². The zero-order valence-corrected chi connectivity index (χ0v) is 9.35. The lowest BCUT2D eigenvalue weighted by Crippen LogP contribution is -2.06. The Labute approximate surface area is 89.9 Å². The quantitative estimate of drug-likeness (QED) is 0.768. The molecule has 0 bridgehead atoms.